The molecule has 11 aromatic rings. The maximum absolute atomic E-state index is 4.93. The number of hydrogen-bond donors (Lipinski definition) is 0. The fourth-order valence-electron chi connectivity index (χ4n) is 7.46. The van der Waals surface area contributed by atoms with Gasteiger partial charge in [0.25, 0.3) is 0 Å². The summed E-state index contributed by atoms with van der Waals surface area (Å²) in [5.74, 6) is 0. The van der Waals surface area contributed by atoms with Crippen LogP contribution in [-0.4, -0.2) is 4.98 Å². The van der Waals surface area contributed by atoms with Gasteiger partial charge in [-0.25, -0.2) is 4.98 Å². The molecular formula is C45H26N2S3. The second kappa shape index (κ2) is 11.0. The normalized spacial score (nSPS) is 12.0. The summed E-state index contributed by atoms with van der Waals surface area (Å²) < 4.78 is 6.49. The first-order valence-electron chi connectivity index (χ1n) is 16.7. The molecule has 11 rings (SSSR count). The number of aromatic nitrogens is 1. The topological polar surface area (TPSA) is 16.1 Å². The molecule has 3 heterocycles. The molecule has 0 spiro atoms. The van der Waals surface area contributed by atoms with Crippen molar-refractivity contribution in [3.05, 3.63) is 158 Å². The van der Waals surface area contributed by atoms with Gasteiger partial charge in [0.05, 0.1) is 10.2 Å². The van der Waals surface area contributed by atoms with Gasteiger partial charge in [0.1, 0.15) is 5.01 Å². The lowest BCUT2D eigenvalue weighted by Crippen LogP contribution is -2.09. The Hall–Kier alpha value is -5.59. The highest BCUT2D eigenvalue weighted by Crippen LogP contribution is 2.45. The molecule has 8 aromatic carbocycles. The predicted octanol–water partition coefficient (Wildman–Crippen LogP) is 14.5. The van der Waals surface area contributed by atoms with Gasteiger partial charge in [-0.3, -0.25) is 0 Å². The molecule has 0 fully saturated rings. The van der Waals surface area contributed by atoms with Crippen molar-refractivity contribution < 1.29 is 0 Å². The van der Waals surface area contributed by atoms with E-state index in [0.29, 0.717) is 0 Å². The van der Waals surface area contributed by atoms with Crippen LogP contribution >= 0.6 is 34.0 Å². The number of thiazole rings is 1. The third-order valence-electron chi connectivity index (χ3n) is 9.88. The highest BCUT2D eigenvalue weighted by atomic mass is 32.1. The van der Waals surface area contributed by atoms with Crippen LogP contribution in [0.4, 0.5) is 17.1 Å². The van der Waals surface area contributed by atoms with Crippen LogP contribution in [0.1, 0.15) is 0 Å². The molecule has 0 aliphatic heterocycles. The van der Waals surface area contributed by atoms with Gasteiger partial charge in [-0.1, -0.05) is 97.1 Å². The minimum Gasteiger partial charge on any atom is -0.310 e. The molecule has 0 saturated heterocycles. The third-order valence-corrected chi connectivity index (χ3v) is 13.4. The SMILES string of the molecule is c1ccc2c(c1)ccc1c3ccc(N(c4ccc(-c5nc6ccccc6s5)cc4)c4ccc5c(c4)sc4c6ccccc6ccc54)cc3sc21. The Balaban J connectivity index is 1.09. The van der Waals surface area contributed by atoms with E-state index in [0.717, 1.165) is 33.1 Å². The number of anilines is 3. The number of rotatable bonds is 4. The highest BCUT2D eigenvalue weighted by molar-refractivity contribution is 7.27. The molecule has 0 radical (unpaired) electrons. The van der Waals surface area contributed by atoms with Crippen LogP contribution in [0.25, 0.3) is 82.7 Å². The molecule has 234 valence electrons. The van der Waals surface area contributed by atoms with E-state index >= 15 is 0 Å². The van der Waals surface area contributed by atoms with Crippen LogP contribution in [0, 0.1) is 0 Å². The van der Waals surface area contributed by atoms with Gasteiger partial charge in [-0.2, -0.15) is 0 Å². The van der Waals surface area contributed by atoms with Gasteiger partial charge < -0.3 is 4.90 Å². The maximum Gasteiger partial charge on any atom is 0.124 e. The van der Waals surface area contributed by atoms with Crippen molar-refractivity contribution in [3.8, 4) is 10.6 Å². The average Bonchev–Trinajstić information content (AvgIpc) is 3.88. The van der Waals surface area contributed by atoms with Crippen molar-refractivity contribution in [2.75, 3.05) is 4.90 Å². The molecule has 0 amide bonds. The number of hydrogen-bond acceptors (Lipinski definition) is 5. The smallest absolute Gasteiger partial charge is 0.124 e. The van der Waals surface area contributed by atoms with E-state index in [1.54, 1.807) is 11.3 Å². The minimum absolute atomic E-state index is 1.04. The fraction of sp³-hybridized carbons (Fsp3) is 0. The Morgan fingerprint density at radius 1 is 0.380 bits per heavy atom. The molecule has 0 aliphatic rings. The lowest BCUT2D eigenvalue weighted by molar-refractivity contribution is 1.30. The molecule has 0 saturated carbocycles. The molecule has 0 N–H and O–H groups in total. The monoisotopic (exact) mass is 690 g/mol. The number of thiophene rings is 2. The number of para-hydroxylation sites is 1. The zero-order valence-electron chi connectivity index (χ0n) is 26.6. The molecular weight excluding hydrogens is 665 g/mol. The Labute approximate surface area is 299 Å². The quantitative estimate of drug-likeness (QED) is 0.183. The summed E-state index contributed by atoms with van der Waals surface area (Å²) in [6.07, 6.45) is 0. The maximum atomic E-state index is 4.93. The molecule has 2 nitrogen and oxygen atoms in total. The Bertz CT molecular complexity index is 2920. The van der Waals surface area contributed by atoms with Gasteiger partial charge in [0.15, 0.2) is 0 Å². The molecule has 5 heteroatoms. The van der Waals surface area contributed by atoms with Crippen molar-refractivity contribution >= 4 is 123 Å². The predicted molar refractivity (Wildman–Crippen MR) is 221 cm³/mol. The van der Waals surface area contributed by atoms with Crippen LogP contribution in [0.3, 0.4) is 0 Å². The van der Waals surface area contributed by atoms with E-state index in [4.69, 9.17) is 4.98 Å². The Morgan fingerprint density at radius 2 is 0.900 bits per heavy atom. The van der Waals surface area contributed by atoms with E-state index in [9.17, 15) is 0 Å². The molecule has 0 unspecified atom stereocenters. The van der Waals surface area contributed by atoms with Crippen molar-refractivity contribution in [2.45, 2.75) is 0 Å². The number of nitrogens with zero attached hydrogens (tertiary/aromatic N) is 2. The van der Waals surface area contributed by atoms with Gasteiger partial charge in [0, 0.05) is 63.0 Å². The van der Waals surface area contributed by atoms with Crippen molar-refractivity contribution in [1.29, 1.82) is 0 Å². The van der Waals surface area contributed by atoms with Crippen LogP contribution in [0.15, 0.2) is 158 Å². The second-order valence-electron chi connectivity index (χ2n) is 12.8. The first-order chi connectivity index (χ1) is 24.7. The summed E-state index contributed by atoms with van der Waals surface area (Å²) in [7, 11) is 0. The summed E-state index contributed by atoms with van der Waals surface area (Å²) in [4.78, 5) is 7.34. The van der Waals surface area contributed by atoms with Gasteiger partial charge in [-0.15, -0.1) is 34.0 Å². The summed E-state index contributed by atoms with van der Waals surface area (Å²) in [6, 6.07) is 57.7. The molecule has 0 bridgehead atoms. The first kappa shape index (κ1) is 28.3. The van der Waals surface area contributed by atoms with Gasteiger partial charge in [0.2, 0.25) is 0 Å². The van der Waals surface area contributed by atoms with Crippen molar-refractivity contribution in [2.24, 2.45) is 0 Å². The van der Waals surface area contributed by atoms with Crippen molar-refractivity contribution in [3.63, 3.8) is 0 Å². The van der Waals surface area contributed by atoms with Gasteiger partial charge >= 0.3 is 0 Å². The average molecular weight is 691 g/mol. The second-order valence-corrected chi connectivity index (χ2v) is 15.9. The standard InChI is InChI=1S/C45H26N2S3/c1-3-9-33-27(7-1)15-21-37-35-23-19-31(25-41(35)48-43(33)37)47(30-17-13-29(14-18-30)45-46-39-11-5-6-12-40(39)50-45)32-20-24-36-38-22-16-28-8-2-4-10-34(28)44(38)49-42(36)26-32/h1-26H. The van der Waals surface area contributed by atoms with E-state index in [1.165, 1.54) is 66.6 Å². The molecule has 3 aromatic heterocycles. The fourth-order valence-corrected chi connectivity index (χ4v) is 11.0. The van der Waals surface area contributed by atoms with Crippen LogP contribution in [-0.2, 0) is 0 Å². The number of benzene rings is 8. The third kappa shape index (κ3) is 4.34. The zero-order valence-corrected chi connectivity index (χ0v) is 29.1. The summed E-state index contributed by atoms with van der Waals surface area (Å²) in [5, 5.41) is 11.5. The lowest BCUT2D eigenvalue weighted by Gasteiger charge is -2.26. The molecule has 50 heavy (non-hydrogen) atoms. The Kier molecular flexibility index (Phi) is 6.20. The largest absolute Gasteiger partial charge is 0.310 e. The summed E-state index contributed by atoms with van der Waals surface area (Å²) in [5.41, 5.74) is 5.59. The van der Waals surface area contributed by atoms with Crippen LogP contribution in [0.2, 0.25) is 0 Å². The van der Waals surface area contributed by atoms with Crippen LogP contribution in [0.5, 0.6) is 0 Å². The van der Waals surface area contributed by atoms with E-state index in [2.05, 4.69) is 163 Å². The minimum atomic E-state index is 1.04. The van der Waals surface area contributed by atoms with Gasteiger partial charge in [-0.05, 0) is 82.2 Å². The Morgan fingerprint density at radius 3 is 1.50 bits per heavy atom. The van der Waals surface area contributed by atoms with E-state index < -0.39 is 0 Å². The highest BCUT2D eigenvalue weighted by Gasteiger charge is 2.18. The van der Waals surface area contributed by atoms with E-state index in [-0.39, 0.29) is 0 Å². The summed E-state index contributed by atoms with van der Waals surface area (Å²) in [6.45, 7) is 0. The van der Waals surface area contributed by atoms with Crippen molar-refractivity contribution in [1.82, 2.24) is 4.98 Å². The molecule has 0 aliphatic carbocycles. The lowest BCUT2D eigenvalue weighted by atomic mass is 10.0. The van der Waals surface area contributed by atoms with E-state index in [1.807, 2.05) is 22.7 Å². The molecule has 0 atom stereocenters. The zero-order chi connectivity index (χ0) is 32.8. The summed E-state index contributed by atoms with van der Waals surface area (Å²) >= 11 is 5.52. The number of fused-ring (bicyclic) bond motifs is 11. The first-order valence-corrected chi connectivity index (χ1v) is 19.1. The van der Waals surface area contributed by atoms with Crippen LogP contribution < -0.4 is 4.90 Å².